The first kappa shape index (κ1) is 13.8. The SMILES string of the molecule is CC(C)n1nc(CNC(=O)c2cccs2)c2ccccc21. The van der Waals surface area contributed by atoms with Gasteiger partial charge in [0, 0.05) is 11.4 Å². The molecule has 5 heteroatoms. The van der Waals surface area contributed by atoms with Crippen molar-refractivity contribution in [2.45, 2.75) is 26.4 Å². The molecule has 0 radical (unpaired) electrons. The van der Waals surface area contributed by atoms with Crippen molar-refractivity contribution in [1.29, 1.82) is 0 Å². The third-order valence-corrected chi connectivity index (χ3v) is 4.21. The van der Waals surface area contributed by atoms with Gasteiger partial charge in [-0.05, 0) is 31.4 Å². The van der Waals surface area contributed by atoms with Crippen LogP contribution in [-0.4, -0.2) is 15.7 Å². The number of rotatable bonds is 4. The highest BCUT2D eigenvalue weighted by Gasteiger charge is 2.13. The van der Waals surface area contributed by atoms with Crippen molar-refractivity contribution < 1.29 is 4.79 Å². The second-order valence-corrected chi connectivity index (χ2v) is 6.11. The molecule has 1 amide bonds. The van der Waals surface area contributed by atoms with E-state index in [1.807, 2.05) is 40.4 Å². The predicted molar refractivity (Wildman–Crippen MR) is 85.6 cm³/mol. The maximum absolute atomic E-state index is 12.0. The lowest BCUT2D eigenvalue weighted by Gasteiger charge is -2.06. The van der Waals surface area contributed by atoms with Gasteiger partial charge in [-0.3, -0.25) is 9.48 Å². The van der Waals surface area contributed by atoms with Crippen molar-refractivity contribution in [2.24, 2.45) is 0 Å². The van der Waals surface area contributed by atoms with Gasteiger partial charge in [-0.15, -0.1) is 11.3 Å². The molecule has 1 aromatic carbocycles. The molecule has 0 aliphatic carbocycles. The highest BCUT2D eigenvalue weighted by Crippen LogP contribution is 2.21. The number of hydrogen-bond donors (Lipinski definition) is 1. The van der Waals surface area contributed by atoms with Gasteiger partial charge in [0.1, 0.15) is 0 Å². The quantitative estimate of drug-likeness (QED) is 0.800. The molecular weight excluding hydrogens is 282 g/mol. The third kappa shape index (κ3) is 2.69. The van der Waals surface area contributed by atoms with E-state index in [2.05, 4.69) is 30.3 Å². The van der Waals surface area contributed by atoms with Crippen LogP contribution in [-0.2, 0) is 6.54 Å². The maximum Gasteiger partial charge on any atom is 0.261 e. The lowest BCUT2D eigenvalue weighted by atomic mass is 10.2. The molecule has 2 aromatic heterocycles. The van der Waals surface area contributed by atoms with Crippen LogP contribution >= 0.6 is 11.3 Å². The largest absolute Gasteiger partial charge is 0.346 e. The smallest absolute Gasteiger partial charge is 0.261 e. The van der Waals surface area contributed by atoms with E-state index in [1.54, 1.807) is 0 Å². The average Bonchev–Trinajstić information content (AvgIpc) is 3.13. The molecule has 3 aromatic rings. The van der Waals surface area contributed by atoms with Crippen molar-refractivity contribution in [3.05, 3.63) is 52.3 Å². The van der Waals surface area contributed by atoms with Crippen LogP contribution in [0, 0.1) is 0 Å². The van der Waals surface area contributed by atoms with E-state index in [0.29, 0.717) is 6.54 Å². The van der Waals surface area contributed by atoms with Crippen LogP contribution in [0.25, 0.3) is 10.9 Å². The van der Waals surface area contributed by atoms with E-state index in [4.69, 9.17) is 0 Å². The maximum atomic E-state index is 12.0. The van der Waals surface area contributed by atoms with E-state index in [9.17, 15) is 4.79 Å². The monoisotopic (exact) mass is 299 g/mol. The van der Waals surface area contributed by atoms with E-state index >= 15 is 0 Å². The molecule has 1 N–H and O–H groups in total. The van der Waals surface area contributed by atoms with E-state index in [-0.39, 0.29) is 11.9 Å². The Morgan fingerprint density at radius 3 is 2.81 bits per heavy atom. The van der Waals surface area contributed by atoms with Crippen molar-refractivity contribution >= 4 is 28.1 Å². The first-order valence-electron chi connectivity index (χ1n) is 6.94. The Balaban J connectivity index is 1.86. The summed E-state index contributed by atoms with van der Waals surface area (Å²) in [7, 11) is 0. The minimum atomic E-state index is -0.0480. The number of nitrogens with one attached hydrogen (secondary N) is 1. The number of para-hydroxylation sites is 1. The van der Waals surface area contributed by atoms with Crippen molar-refractivity contribution in [3.63, 3.8) is 0 Å². The second-order valence-electron chi connectivity index (χ2n) is 5.16. The van der Waals surface area contributed by atoms with Crippen LogP contribution in [0.3, 0.4) is 0 Å². The fourth-order valence-corrected chi connectivity index (χ4v) is 2.98. The van der Waals surface area contributed by atoms with Crippen molar-refractivity contribution in [3.8, 4) is 0 Å². The predicted octanol–water partition coefficient (Wildman–Crippen LogP) is 3.61. The van der Waals surface area contributed by atoms with Crippen LogP contribution < -0.4 is 5.32 Å². The van der Waals surface area contributed by atoms with Gasteiger partial charge in [0.25, 0.3) is 5.91 Å². The molecule has 2 heterocycles. The van der Waals surface area contributed by atoms with Gasteiger partial charge in [-0.1, -0.05) is 24.3 Å². The van der Waals surface area contributed by atoms with Crippen LogP contribution in [0.4, 0.5) is 0 Å². The standard InChI is InChI=1S/C16H17N3OS/c1-11(2)19-14-7-4-3-6-12(14)13(18-19)10-17-16(20)15-8-5-9-21-15/h3-9,11H,10H2,1-2H3,(H,17,20). The average molecular weight is 299 g/mol. The van der Waals surface area contributed by atoms with Gasteiger partial charge in [-0.25, -0.2) is 0 Å². The Morgan fingerprint density at radius 2 is 2.10 bits per heavy atom. The minimum absolute atomic E-state index is 0.0480. The van der Waals surface area contributed by atoms with Gasteiger partial charge < -0.3 is 5.32 Å². The van der Waals surface area contributed by atoms with Crippen LogP contribution in [0.5, 0.6) is 0 Å². The number of carbonyl (C=O) groups excluding carboxylic acids is 1. The highest BCUT2D eigenvalue weighted by molar-refractivity contribution is 7.12. The molecule has 3 rings (SSSR count). The van der Waals surface area contributed by atoms with Gasteiger partial charge in [0.05, 0.1) is 22.6 Å². The normalized spacial score (nSPS) is 11.2. The van der Waals surface area contributed by atoms with Crippen LogP contribution in [0.15, 0.2) is 41.8 Å². The number of amides is 1. The Bertz CT molecular complexity index is 759. The third-order valence-electron chi connectivity index (χ3n) is 3.34. The van der Waals surface area contributed by atoms with E-state index < -0.39 is 0 Å². The molecule has 0 atom stereocenters. The van der Waals surface area contributed by atoms with Crippen molar-refractivity contribution in [1.82, 2.24) is 15.1 Å². The number of hydrogen-bond acceptors (Lipinski definition) is 3. The van der Waals surface area contributed by atoms with Gasteiger partial charge in [-0.2, -0.15) is 5.10 Å². The summed E-state index contributed by atoms with van der Waals surface area (Å²) in [6.07, 6.45) is 0. The lowest BCUT2D eigenvalue weighted by Crippen LogP contribution is -2.22. The molecule has 0 fully saturated rings. The molecule has 0 aliphatic rings. The Kier molecular flexibility index (Phi) is 3.75. The first-order chi connectivity index (χ1) is 10.2. The lowest BCUT2D eigenvalue weighted by molar-refractivity contribution is 0.0954. The zero-order valence-corrected chi connectivity index (χ0v) is 12.9. The fraction of sp³-hybridized carbons (Fsp3) is 0.250. The molecule has 0 unspecified atom stereocenters. The second kappa shape index (κ2) is 5.69. The summed E-state index contributed by atoms with van der Waals surface area (Å²) in [5.41, 5.74) is 2.01. The highest BCUT2D eigenvalue weighted by atomic mass is 32.1. The molecule has 0 saturated heterocycles. The molecule has 4 nitrogen and oxygen atoms in total. The minimum Gasteiger partial charge on any atom is -0.346 e. The van der Waals surface area contributed by atoms with E-state index in [1.165, 1.54) is 11.3 Å². The molecule has 0 spiro atoms. The zero-order chi connectivity index (χ0) is 14.8. The Labute approximate surface area is 127 Å². The number of nitrogens with zero attached hydrogens (tertiary/aromatic N) is 2. The van der Waals surface area contributed by atoms with Gasteiger partial charge in [0.15, 0.2) is 0 Å². The van der Waals surface area contributed by atoms with Gasteiger partial charge >= 0.3 is 0 Å². The molecule has 21 heavy (non-hydrogen) atoms. The molecule has 108 valence electrons. The summed E-state index contributed by atoms with van der Waals surface area (Å²) in [4.78, 5) is 12.7. The molecule has 0 saturated carbocycles. The summed E-state index contributed by atoms with van der Waals surface area (Å²) in [6, 6.07) is 12.1. The topological polar surface area (TPSA) is 46.9 Å². The van der Waals surface area contributed by atoms with Crippen molar-refractivity contribution in [2.75, 3.05) is 0 Å². The fourth-order valence-electron chi connectivity index (χ4n) is 2.34. The number of aromatic nitrogens is 2. The van der Waals surface area contributed by atoms with E-state index in [0.717, 1.165) is 21.5 Å². The molecular formula is C16H17N3OS. The Morgan fingerprint density at radius 1 is 1.29 bits per heavy atom. The van der Waals surface area contributed by atoms with Crippen LogP contribution in [0.1, 0.15) is 35.3 Å². The summed E-state index contributed by atoms with van der Waals surface area (Å²) in [5.74, 6) is -0.0480. The summed E-state index contributed by atoms with van der Waals surface area (Å²) < 4.78 is 2.00. The number of fused-ring (bicyclic) bond motifs is 1. The summed E-state index contributed by atoms with van der Waals surface area (Å²) in [5, 5.41) is 10.6. The van der Waals surface area contributed by atoms with Crippen LogP contribution in [0.2, 0.25) is 0 Å². The number of carbonyl (C=O) groups is 1. The number of benzene rings is 1. The summed E-state index contributed by atoms with van der Waals surface area (Å²) in [6.45, 7) is 4.65. The summed E-state index contributed by atoms with van der Waals surface area (Å²) >= 11 is 1.44. The molecule has 0 bridgehead atoms. The van der Waals surface area contributed by atoms with Gasteiger partial charge in [0.2, 0.25) is 0 Å². The number of thiophene rings is 1. The Hall–Kier alpha value is -2.14. The zero-order valence-electron chi connectivity index (χ0n) is 12.0. The molecule has 0 aliphatic heterocycles. The first-order valence-corrected chi connectivity index (χ1v) is 7.82.